The minimum atomic E-state index is 0.420. The van der Waals surface area contributed by atoms with Gasteiger partial charge < -0.3 is 19.9 Å². The highest BCUT2D eigenvalue weighted by Crippen LogP contribution is 2.26. The number of hydrogen-bond donors (Lipinski definition) is 0. The molecule has 0 bridgehead atoms. The van der Waals surface area contributed by atoms with Crippen molar-refractivity contribution in [2.45, 2.75) is 6.54 Å². The maximum absolute atomic E-state index is 11.4. The fraction of sp³-hybridized carbons (Fsp3) is 0.308. The Balaban J connectivity index is 2.58. The summed E-state index contributed by atoms with van der Waals surface area (Å²) < 4.78 is 2.04. The van der Waals surface area contributed by atoms with Crippen molar-refractivity contribution in [2.24, 2.45) is 0 Å². The van der Waals surface area contributed by atoms with Gasteiger partial charge in [0.2, 0.25) is 5.95 Å². The number of imidazole rings is 1. The van der Waals surface area contributed by atoms with Crippen molar-refractivity contribution in [2.75, 3.05) is 31.3 Å². The minimum Gasteiger partial charge on any atom is -0.733 e. The average molecular weight is 261 g/mol. The fourth-order valence-electron chi connectivity index (χ4n) is 1.97. The molecule has 1 aromatic heterocycles. The van der Waals surface area contributed by atoms with E-state index in [0.717, 1.165) is 17.0 Å². The van der Waals surface area contributed by atoms with Crippen LogP contribution in [0.25, 0.3) is 11.0 Å². The van der Waals surface area contributed by atoms with Crippen molar-refractivity contribution >= 4 is 22.7 Å². The molecular formula is C13H17N4O2-. The van der Waals surface area contributed by atoms with Gasteiger partial charge in [-0.2, -0.15) is 0 Å². The molecule has 0 aliphatic carbocycles. The van der Waals surface area contributed by atoms with Gasteiger partial charge in [-0.05, 0) is 18.2 Å². The number of allylic oxidation sites excluding steroid dienone is 1. The van der Waals surface area contributed by atoms with Gasteiger partial charge in [-0.1, -0.05) is 6.08 Å². The average Bonchev–Trinajstić information content (AvgIpc) is 2.76. The van der Waals surface area contributed by atoms with E-state index < -0.39 is 0 Å². The van der Waals surface area contributed by atoms with Gasteiger partial charge in [-0.3, -0.25) is 4.84 Å². The third kappa shape index (κ3) is 2.40. The smallest absolute Gasteiger partial charge is 0.206 e. The minimum absolute atomic E-state index is 0.420. The molecular weight excluding hydrogens is 244 g/mol. The highest BCUT2D eigenvalue weighted by Gasteiger charge is 2.12. The quantitative estimate of drug-likeness (QED) is 0.609. The van der Waals surface area contributed by atoms with Crippen LogP contribution in [-0.4, -0.2) is 30.8 Å². The second-order valence-corrected chi connectivity index (χ2v) is 4.32. The molecule has 0 unspecified atom stereocenters. The van der Waals surface area contributed by atoms with Gasteiger partial charge in [0.05, 0.1) is 23.8 Å². The Morgan fingerprint density at radius 1 is 1.47 bits per heavy atom. The maximum Gasteiger partial charge on any atom is 0.206 e. The van der Waals surface area contributed by atoms with E-state index in [0.29, 0.717) is 17.5 Å². The van der Waals surface area contributed by atoms with E-state index >= 15 is 0 Å². The molecule has 0 saturated carbocycles. The predicted octanol–water partition coefficient (Wildman–Crippen LogP) is 2.15. The summed E-state index contributed by atoms with van der Waals surface area (Å²) in [5.74, 6) is 0.821. The Hall–Kier alpha value is -2.05. The number of aromatic nitrogens is 2. The highest BCUT2D eigenvalue weighted by atomic mass is 16.9. The first kappa shape index (κ1) is 13.4. The van der Waals surface area contributed by atoms with E-state index in [1.807, 2.05) is 35.7 Å². The van der Waals surface area contributed by atoms with Crippen LogP contribution in [0.2, 0.25) is 0 Å². The summed E-state index contributed by atoms with van der Waals surface area (Å²) in [5, 5.41) is 11.9. The molecule has 0 fully saturated rings. The molecule has 0 aliphatic rings. The Bertz CT molecular complexity index is 592. The second-order valence-electron chi connectivity index (χ2n) is 4.32. The van der Waals surface area contributed by atoms with Crippen molar-refractivity contribution in [1.82, 2.24) is 9.55 Å². The maximum atomic E-state index is 11.4. The third-order valence-corrected chi connectivity index (χ3v) is 2.80. The third-order valence-electron chi connectivity index (χ3n) is 2.80. The lowest BCUT2D eigenvalue weighted by molar-refractivity contribution is 0.198. The molecule has 2 aromatic rings. The van der Waals surface area contributed by atoms with Crippen LogP contribution in [0.15, 0.2) is 30.9 Å². The van der Waals surface area contributed by atoms with Crippen LogP contribution in [-0.2, 0) is 11.4 Å². The standard InChI is InChI=1S/C13H17N4O2/c1-5-8-16-12-7-6-10(17(18)19-4)9-11(12)14-13(16)15(2)3/h5-7,9H,1,8H2,2-4H3/q-1. The van der Waals surface area contributed by atoms with E-state index in [1.54, 1.807) is 12.1 Å². The van der Waals surface area contributed by atoms with Gasteiger partial charge in [0.15, 0.2) is 0 Å². The summed E-state index contributed by atoms with van der Waals surface area (Å²) in [5.41, 5.74) is 2.13. The molecule has 0 aliphatic heterocycles. The molecule has 19 heavy (non-hydrogen) atoms. The monoisotopic (exact) mass is 261 g/mol. The molecule has 6 nitrogen and oxygen atoms in total. The number of hydrogen-bond acceptors (Lipinski definition) is 5. The van der Waals surface area contributed by atoms with Gasteiger partial charge >= 0.3 is 0 Å². The summed E-state index contributed by atoms with van der Waals surface area (Å²) in [6.45, 7) is 4.42. The zero-order chi connectivity index (χ0) is 14.0. The van der Waals surface area contributed by atoms with Gasteiger partial charge in [0, 0.05) is 20.6 Å². The van der Waals surface area contributed by atoms with Crippen LogP contribution in [0.3, 0.4) is 0 Å². The molecule has 1 aromatic carbocycles. The zero-order valence-electron chi connectivity index (χ0n) is 11.3. The normalized spacial score (nSPS) is 10.7. The highest BCUT2D eigenvalue weighted by molar-refractivity contribution is 5.82. The van der Waals surface area contributed by atoms with E-state index in [1.165, 1.54) is 7.11 Å². The number of rotatable bonds is 5. The molecule has 0 radical (unpaired) electrons. The van der Waals surface area contributed by atoms with Crippen molar-refractivity contribution in [3.63, 3.8) is 0 Å². The van der Waals surface area contributed by atoms with Gasteiger partial charge in [-0.25, -0.2) is 4.98 Å². The van der Waals surface area contributed by atoms with Gasteiger partial charge in [0.25, 0.3) is 0 Å². The van der Waals surface area contributed by atoms with Crippen molar-refractivity contribution in [3.05, 3.63) is 36.1 Å². The topological polar surface area (TPSA) is 56.6 Å². The van der Waals surface area contributed by atoms with E-state index in [9.17, 15) is 5.21 Å². The summed E-state index contributed by atoms with van der Waals surface area (Å²) in [6, 6.07) is 5.27. The van der Waals surface area contributed by atoms with Crippen LogP contribution in [0.4, 0.5) is 11.6 Å². The molecule has 0 atom stereocenters. The van der Waals surface area contributed by atoms with Crippen LogP contribution in [0.1, 0.15) is 0 Å². The Morgan fingerprint density at radius 3 is 2.79 bits per heavy atom. The number of fused-ring (bicyclic) bond motifs is 1. The van der Waals surface area contributed by atoms with E-state index in [4.69, 9.17) is 0 Å². The fourth-order valence-corrected chi connectivity index (χ4v) is 1.97. The molecule has 0 spiro atoms. The molecule has 0 amide bonds. The van der Waals surface area contributed by atoms with Crippen LogP contribution < -0.4 is 10.1 Å². The van der Waals surface area contributed by atoms with Gasteiger partial charge in [-0.15, -0.1) is 6.58 Å². The number of nitrogens with zero attached hydrogens (tertiary/aromatic N) is 4. The summed E-state index contributed by atoms with van der Waals surface area (Å²) in [6.07, 6.45) is 1.82. The van der Waals surface area contributed by atoms with Crippen LogP contribution >= 0.6 is 0 Å². The number of anilines is 2. The largest absolute Gasteiger partial charge is 0.733 e. The Labute approximate surface area is 112 Å². The van der Waals surface area contributed by atoms with Crippen LogP contribution in [0, 0.1) is 5.21 Å². The van der Waals surface area contributed by atoms with Crippen LogP contribution in [0.5, 0.6) is 0 Å². The zero-order valence-corrected chi connectivity index (χ0v) is 11.3. The van der Waals surface area contributed by atoms with E-state index in [2.05, 4.69) is 16.4 Å². The molecule has 102 valence electrons. The lowest BCUT2D eigenvalue weighted by atomic mass is 10.3. The SMILES string of the molecule is C=CCn1c(N(C)C)nc2cc(N([O-])OC)ccc21. The summed E-state index contributed by atoms with van der Waals surface area (Å²) in [7, 11) is 5.19. The van der Waals surface area contributed by atoms with Gasteiger partial charge in [0.1, 0.15) is 0 Å². The molecule has 6 heteroatoms. The first-order chi connectivity index (χ1) is 9.08. The Morgan fingerprint density at radius 2 is 2.21 bits per heavy atom. The Kier molecular flexibility index (Phi) is 3.73. The molecule has 0 saturated heterocycles. The second kappa shape index (κ2) is 5.29. The first-order valence-electron chi connectivity index (χ1n) is 5.88. The summed E-state index contributed by atoms with van der Waals surface area (Å²) in [4.78, 5) is 11.1. The molecule has 1 heterocycles. The lowest BCUT2D eigenvalue weighted by Crippen LogP contribution is -2.15. The molecule has 0 N–H and O–H groups in total. The van der Waals surface area contributed by atoms with Crippen molar-refractivity contribution < 1.29 is 4.84 Å². The van der Waals surface area contributed by atoms with Crippen molar-refractivity contribution in [1.29, 1.82) is 0 Å². The predicted molar refractivity (Wildman–Crippen MR) is 77.1 cm³/mol. The summed E-state index contributed by atoms with van der Waals surface area (Å²) >= 11 is 0. The van der Waals surface area contributed by atoms with Crippen molar-refractivity contribution in [3.8, 4) is 0 Å². The lowest BCUT2D eigenvalue weighted by Gasteiger charge is -2.26. The first-order valence-corrected chi connectivity index (χ1v) is 5.88. The molecule has 2 rings (SSSR count). The van der Waals surface area contributed by atoms with E-state index in [-0.39, 0.29) is 0 Å². The number of benzene rings is 1.